The highest BCUT2D eigenvalue weighted by atomic mass is 35.5. The third-order valence-corrected chi connectivity index (χ3v) is 8.28. The Morgan fingerprint density at radius 1 is 0.947 bits per heavy atom. The van der Waals surface area contributed by atoms with Crippen molar-refractivity contribution in [1.82, 2.24) is 9.55 Å². The van der Waals surface area contributed by atoms with E-state index in [4.69, 9.17) is 16.6 Å². The normalized spacial score (nSPS) is 15.8. The minimum Gasteiger partial charge on any atom is -0.277 e. The van der Waals surface area contributed by atoms with Crippen molar-refractivity contribution < 1.29 is 0 Å². The van der Waals surface area contributed by atoms with Crippen LogP contribution in [-0.2, 0) is 24.8 Å². The second-order valence-electron chi connectivity index (χ2n) is 10.4. The van der Waals surface area contributed by atoms with Gasteiger partial charge in [-0.2, -0.15) is 5.10 Å². The first-order chi connectivity index (χ1) is 18.6. The van der Waals surface area contributed by atoms with Gasteiger partial charge in [-0.05, 0) is 54.5 Å². The van der Waals surface area contributed by atoms with E-state index in [0.29, 0.717) is 17.5 Å². The van der Waals surface area contributed by atoms with E-state index in [1.807, 2.05) is 48.5 Å². The van der Waals surface area contributed by atoms with Crippen molar-refractivity contribution in [3.8, 4) is 11.3 Å². The summed E-state index contributed by atoms with van der Waals surface area (Å²) < 4.78 is 1.80. The van der Waals surface area contributed by atoms with Crippen LogP contribution in [0.4, 0.5) is 5.95 Å². The van der Waals surface area contributed by atoms with E-state index in [0.717, 1.165) is 60.9 Å². The number of halogens is 1. The molecule has 192 valence electrons. The van der Waals surface area contributed by atoms with Gasteiger partial charge in [-0.15, -0.1) is 0 Å². The number of nitrogens with one attached hydrogen (secondary N) is 1. The fourth-order valence-corrected chi connectivity index (χ4v) is 6.26. The SMILES string of the molecule is O=c1c2c(nc(NN=Cc3ccc(Cl)cc3)n1CCc1ccccc1)-c1ccccc1CC21CCCCC1. The predicted octanol–water partition coefficient (Wildman–Crippen LogP) is 7.01. The average molecular weight is 523 g/mol. The van der Waals surface area contributed by atoms with Gasteiger partial charge in [0, 0.05) is 22.5 Å². The summed E-state index contributed by atoms with van der Waals surface area (Å²) in [5, 5.41) is 5.14. The van der Waals surface area contributed by atoms with Crippen LogP contribution in [0.5, 0.6) is 0 Å². The number of hydrogen-bond donors (Lipinski definition) is 1. The molecule has 5 nitrogen and oxygen atoms in total. The molecule has 2 aliphatic carbocycles. The van der Waals surface area contributed by atoms with Crippen molar-refractivity contribution in [3.63, 3.8) is 0 Å². The highest BCUT2D eigenvalue weighted by molar-refractivity contribution is 6.30. The molecule has 1 spiro atoms. The molecular weight excluding hydrogens is 492 g/mol. The van der Waals surface area contributed by atoms with E-state index in [-0.39, 0.29) is 11.0 Å². The summed E-state index contributed by atoms with van der Waals surface area (Å²) in [5.74, 6) is 0.470. The zero-order chi connectivity index (χ0) is 26.0. The van der Waals surface area contributed by atoms with E-state index in [1.54, 1.807) is 10.8 Å². The molecule has 0 radical (unpaired) electrons. The molecule has 1 aromatic heterocycles. The lowest BCUT2D eigenvalue weighted by molar-refractivity contribution is 0.283. The molecule has 0 saturated heterocycles. The minimum absolute atomic E-state index is 0.0616. The van der Waals surface area contributed by atoms with E-state index in [1.165, 1.54) is 17.5 Å². The van der Waals surface area contributed by atoms with Crippen LogP contribution >= 0.6 is 11.6 Å². The Kier molecular flexibility index (Phi) is 6.86. The zero-order valence-electron chi connectivity index (χ0n) is 21.4. The van der Waals surface area contributed by atoms with Gasteiger partial charge in [0.1, 0.15) is 0 Å². The zero-order valence-corrected chi connectivity index (χ0v) is 22.1. The largest absolute Gasteiger partial charge is 0.277 e. The highest BCUT2D eigenvalue weighted by Gasteiger charge is 2.43. The molecule has 1 saturated carbocycles. The van der Waals surface area contributed by atoms with Gasteiger partial charge in [-0.3, -0.25) is 9.36 Å². The Balaban J connectivity index is 1.46. The van der Waals surface area contributed by atoms with Crippen molar-refractivity contribution in [2.75, 3.05) is 5.43 Å². The number of nitrogens with zero attached hydrogens (tertiary/aromatic N) is 3. The molecule has 1 fully saturated rings. The van der Waals surface area contributed by atoms with Gasteiger partial charge in [0.25, 0.3) is 5.56 Å². The molecule has 3 aromatic carbocycles. The molecule has 0 unspecified atom stereocenters. The fourth-order valence-electron chi connectivity index (χ4n) is 6.13. The van der Waals surface area contributed by atoms with Crippen LogP contribution in [0.25, 0.3) is 11.3 Å². The first kappa shape index (κ1) is 24.6. The van der Waals surface area contributed by atoms with E-state index in [9.17, 15) is 4.79 Å². The van der Waals surface area contributed by atoms with Crippen molar-refractivity contribution in [3.05, 3.63) is 116 Å². The van der Waals surface area contributed by atoms with Gasteiger partial charge < -0.3 is 0 Å². The van der Waals surface area contributed by atoms with E-state index < -0.39 is 0 Å². The molecule has 0 amide bonds. The topological polar surface area (TPSA) is 59.3 Å². The summed E-state index contributed by atoms with van der Waals surface area (Å²) in [5.41, 5.74) is 9.19. The van der Waals surface area contributed by atoms with Crippen LogP contribution in [0, 0.1) is 0 Å². The third-order valence-electron chi connectivity index (χ3n) is 8.03. The van der Waals surface area contributed by atoms with Gasteiger partial charge in [0.05, 0.1) is 17.5 Å². The summed E-state index contributed by atoms with van der Waals surface area (Å²) in [6, 6.07) is 26.2. The standard InChI is InChI=1S/C32H31ClN4O/c33-26-15-13-24(14-16-26)22-34-36-31-35-29-27-12-6-5-11-25(27)21-32(18-7-2-8-19-32)28(29)30(38)37(31)20-17-23-9-3-1-4-10-23/h1,3-6,9-16,22H,2,7-8,17-21H2,(H,35,36). The van der Waals surface area contributed by atoms with Crippen molar-refractivity contribution >= 4 is 23.8 Å². The van der Waals surface area contributed by atoms with E-state index in [2.05, 4.69) is 40.9 Å². The summed E-state index contributed by atoms with van der Waals surface area (Å²) >= 11 is 6.03. The Morgan fingerprint density at radius 2 is 1.68 bits per heavy atom. The number of benzene rings is 3. The van der Waals surface area contributed by atoms with Crippen molar-refractivity contribution in [2.24, 2.45) is 5.10 Å². The Labute approximate surface area is 228 Å². The lowest BCUT2D eigenvalue weighted by atomic mass is 9.62. The summed E-state index contributed by atoms with van der Waals surface area (Å²) in [6.45, 7) is 0.527. The van der Waals surface area contributed by atoms with Crippen LogP contribution < -0.4 is 11.0 Å². The summed E-state index contributed by atoms with van der Waals surface area (Å²) in [6.07, 6.45) is 8.96. The van der Waals surface area contributed by atoms with Crippen molar-refractivity contribution in [2.45, 2.75) is 56.9 Å². The van der Waals surface area contributed by atoms with Gasteiger partial charge in [-0.1, -0.05) is 97.6 Å². The molecule has 0 bridgehead atoms. The van der Waals surface area contributed by atoms with Gasteiger partial charge in [-0.25, -0.2) is 10.4 Å². The second-order valence-corrected chi connectivity index (χ2v) is 10.9. The van der Waals surface area contributed by atoms with Gasteiger partial charge >= 0.3 is 0 Å². The smallest absolute Gasteiger partial charge is 0.259 e. The van der Waals surface area contributed by atoms with Crippen LogP contribution in [0.15, 0.2) is 88.8 Å². The fraction of sp³-hybridized carbons (Fsp3) is 0.281. The molecule has 6 heteroatoms. The van der Waals surface area contributed by atoms with Gasteiger partial charge in [0.15, 0.2) is 0 Å². The molecule has 0 aliphatic heterocycles. The molecule has 0 atom stereocenters. The van der Waals surface area contributed by atoms with Crippen LogP contribution in [0.1, 0.15) is 54.4 Å². The number of hydrogen-bond acceptors (Lipinski definition) is 4. The number of anilines is 1. The average Bonchev–Trinajstić information content (AvgIpc) is 2.94. The number of rotatable bonds is 6. The molecule has 4 aromatic rings. The first-order valence-corrected chi connectivity index (χ1v) is 13.8. The quantitative estimate of drug-likeness (QED) is 0.219. The number of aromatic nitrogens is 2. The second kappa shape index (κ2) is 10.6. The lowest BCUT2D eigenvalue weighted by Gasteiger charge is -2.42. The summed E-state index contributed by atoms with van der Waals surface area (Å²) in [7, 11) is 0. The van der Waals surface area contributed by atoms with Gasteiger partial charge in [0.2, 0.25) is 5.95 Å². The maximum Gasteiger partial charge on any atom is 0.259 e. The van der Waals surface area contributed by atoms with E-state index >= 15 is 0 Å². The Morgan fingerprint density at radius 3 is 2.47 bits per heavy atom. The maximum absolute atomic E-state index is 14.4. The number of fused-ring (bicyclic) bond motifs is 4. The highest BCUT2D eigenvalue weighted by Crippen LogP contribution is 2.48. The molecule has 1 N–H and O–H groups in total. The maximum atomic E-state index is 14.4. The Bertz CT molecular complexity index is 1520. The Hall–Kier alpha value is -3.70. The molecule has 1 heterocycles. The van der Waals surface area contributed by atoms with Crippen LogP contribution in [0.2, 0.25) is 5.02 Å². The minimum atomic E-state index is -0.147. The molecule has 2 aliphatic rings. The monoisotopic (exact) mass is 522 g/mol. The molecular formula is C32H31ClN4O. The molecule has 6 rings (SSSR count). The molecule has 38 heavy (non-hydrogen) atoms. The lowest BCUT2D eigenvalue weighted by Crippen LogP contribution is -2.43. The first-order valence-electron chi connectivity index (χ1n) is 13.5. The van der Waals surface area contributed by atoms with Crippen LogP contribution in [-0.4, -0.2) is 15.8 Å². The number of aryl methyl sites for hydroxylation is 1. The summed E-state index contributed by atoms with van der Waals surface area (Å²) in [4.78, 5) is 19.6. The predicted molar refractivity (Wildman–Crippen MR) is 155 cm³/mol. The third kappa shape index (κ3) is 4.79. The van der Waals surface area contributed by atoms with Crippen LogP contribution in [0.3, 0.4) is 0 Å². The number of hydrazone groups is 1. The van der Waals surface area contributed by atoms with Crippen molar-refractivity contribution in [1.29, 1.82) is 0 Å².